The number of amides is 10. The minimum absolute atomic E-state index is 0.0196. The zero-order valence-corrected chi connectivity index (χ0v) is 62.6. The third-order valence-electron chi connectivity index (χ3n) is 21.0. The van der Waals surface area contributed by atoms with Crippen molar-refractivity contribution in [2.24, 2.45) is 46.4 Å². The topological polar surface area (TPSA) is 429 Å². The van der Waals surface area contributed by atoms with Crippen molar-refractivity contribution in [2.45, 2.75) is 266 Å². The highest BCUT2D eigenvalue weighted by atomic mass is 16.3. The summed E-state index contributed by atoms with van der Waals surface area (Å²) < 4.78 is 0. The number of primary amides is 1. The van der Waals surface area contributed by atoms with Crippen LogP contribution in [0.4, 0.5) is 0 Å². The third kappa shape index (κ3) is 32.3. The number of aromatic hydroxyl groups is 1. The smallest absolute Gasteiger partial charge is 0.225 e. The predicted molar refractivity (Wildman–Crippen MR) is 414 cm³/mol. The van der Waals surface area contributed by atoms with Crippen LogP contribution in [-0.2, 0) is 73.6 Å². The summed E-state index contributed by atoms with van der Waals surface area (Å²) in [7, 11) is 0. The Morgan fingerprint density at radius 2 is 0.645 bits per heavy atom. The second-order valence-electron chi connectivity index (χ2n) is 30.1. The quantitative estimate of drug-likeness (QED) is 0.0242. The van der Waals surface area contributed by atoms with E-state index in [2.05, 4.69) is 47.9 Å². The lowest BCUT2D eigenvalue weighted by Crippen LogP contribution is -2.55. The molecule has 7 rings (SSSR count). The molecule has 3 fully saturated rings. The summed E-state index contributed by atoms with van der Waals surface area (Å²) in [5, 5.41) is 37.9. The molecule has 0 radical (unpaired) electrons. The van der Waals surface area contributed by atoms with Gasteiger partial charge in [0.1, 0.15) is 5.75 Å². The maximum Gasteiger partial charge on any atom is 0.225 e. The Labute approximate surface area is 632 Å². The first-order valence-corrected chi connectivity index (χ1v) is 39.4. The van der Waals surface area contributed by atoms with Gasteiger partial charge in [0, 0.05) is 105 Å². The zero-order valence-electron chi connectivity index (χ0n) is 62.6. The van der Waals surface area contributed by atoms with Gasteiger partial charge in [0.15, 0.2) is 0 Å². The summed E-state index contributed by atoms with van der Waals surface area (Å²) in [4.78, 5) is 140. The first kappa shape index (κ1) is 85.5. The number of nitrogens with two attached hydrogens (primary N) is 5. The molecule has 10 amide bonds. The number of carbonyl (C=O) groups is 10. The lowest BCUT2D eigenvalue weighted by molar-refractivity contribution is -0.133. The van der Waals surface area contributed by atoms with Crippen molar-refractivity contribution in [2.75, 3.05) is 19.6 Å². The number of phenols is 1. The van der Waals surface area contributed by atoms with Crippen LogP contribution in [0, 0.1) is 17.8 Å². The van der Waals surface area contributed by atoms with Crippen molar-refractivity contribution in [3.8, 4) is 5.75 Å². The van der Waals surface area contributed by atoms with E-state index < -0.39 is 84.1 Å². The van der Waals surface area contributed by atoms with Crippen LogP contribution in [0.3, 0.4) is 0 Å². The van der Waals surface area contributed by atoms with Gasteiger partial charge in [-0.2, -0.15) is 0 Å². The normalized spacial score (nSPS) is 19.8. The number of hydrogen-bond acceptors (Lipinski definition) is 15. The number of phenolic OH excluding ortho intramolecular Hbond substituents is 1. The van der Waals surface area contributed by atoms with E-state index in [9.17, 15) is 53.1 Å². The number of carbonyl (C=O) groups excluding carboxylic acids is 10. The molecular weight excluding hydrogens is 1360 g/mol. The Morgan fingerprint density at radius 1 is 0.336 bits per heavy atom. The van der Waals surface area contributed by atoms with Gasteiger partial charge in [0.05, 0.1) is 17.8 Å². The Kier molecular flexibility index (Phi) is 37.6. The van der Waals surface area contributed by atoms with Crippen molar-refractivity contribution in [3.63, 3.8) is 0 Å². The Hall–Kier alpha value is -8.78. The molecular formula is C82H122N14O11. The zero-order chi connectivity index (χ0) is 76.7. The van der Waals surface area contributed by atoms with Gasteiger partial charge in [0.25, 0.3) is 0 Å². The van der Waals surface area contributed by atoms with E-state index in [1.165, 1.54) is 0 Å². The van der Waals surface area contributed by atoms with Crippen molar-refractivity contribution in [1.82, 2.24) is 47.9 Å². The third-order valence-corrected chi connectivity index (χ3v) is 21.0. The molecule has 13 atom stereocenters. The lowest BCUT2D eigenvalue weighted by atomic mass is 9.81. The van der Waals surface area contributed by atoms with Crippen LogP contribution in [0.25, 0.3) is 0 Å². The van der Waals surface area contributed by atoms with Crippen LogP contribution in [0.5, 0.6) is 5.75 Å². The average molecular weight is 1480 g/mol. The van der Waals surface area contributed by atoms with E-state index in [1.807, 2.05) is 91.0 Å². The number of nitrogens with one attached hydrogen (secondary N) is 9. The largest absolute Gasteiger partial charge is 0.508 e. The lowest BCUT2D eigenvalue weighted by Gasteiger charge is -2.36. The van der Waals surface area contributed by atoms with Crippen LogP contribution in [0.1, 0.15) is 202 Å². The first-order valence-electron chi connectivity index (χ1n) is 39.4. The maximum absolute atomic E-state index is 14.7. The average Bonchev–Trinajstić information content (AvgIpc) is 0.828. The van der Waals surface area contributed by atoms with Gasteiger partial charge in [-0.05, 0) is 157 Å². The second-order valence-corrected chi connectivity index (χ2v) is 30.1. The maximum atomic E-state index is 14.7. The van der Waals surface area contributed by atoms with Crippen molar-refractivity contribution in [3.05, 3.63) is 138 Å². The minimum atomic E-state index is -0.678. The molecule has 3 aliphatic rings. The van der Waals surface area contributed by atoms with Crippen molar-refractivity contribution < 1.29 is 53.1 Å². The predicted octanol–water partition coefficient (Wildman–Crippen LogP) is 5.53. The van der Waals surface area contributed by atoms with Crippen LogP contribution >= 0.6 is 0 Å². The molecule has 3 saturated carbocycles. The highest BCUT2D eigenvalue weighted by Crippen LogP contribution is 2.30. The molecule has 0 aliphatic heterocycles. The molecule has 0 spiro atoms. The van der Waals surface area contributed by atoms with Gasteiger partial charge < -0.3 is 81.6 Å². The summed E-state index contributed by atoms with van der Waals surface area (Å²) in [6.07, 6.45) is 14.5. The molecule has 3 aliphatic carbocycles. The highest BCUT2D eigenvalue weighted by molar-refractivity contribution is 5.87. The monoisotopic (exact) mass is 1480 g/mol. The van der Waals surface area contributed by atoms with E-state index in [-0.39, 0.29) is 104 Å². The Morgan fingerprint density at radius 3 is 1.04 bits per heavy atom. The van der Waals surface area contributed by atoms with E-state index in [0.717, 1.165) is 67.2 Å². The summed E-state index contributed by atoms with van der Waals surface area (Å²) >= 11 is 0. The molecule has 0 unspecified atom stereocenters. The molecule has 25 heteroatoms. The summed E-state index contributed by atoms with van der Waals surface area (Å²) in [6.45, 7) is 1.35. The van der Waals surface area contributed by atoms with Crippen LogP contribution in [-0.4, -0.2) is 144 Å². The SMILES string of the molecule is NCCCC[C@@H](CC(N)=O)NC(=O)C[C@H](Cc1ccccc1)NC(=O)[C@H]1CCCC[C@@H]1NC(=O)[C@H]1CCCC[C@@H]1NC(=O)C[C@H](CCCCN)NC(=O)C[C@H](Cc1ccccc1)NC(=O)[C@H]1CCCC[C@@H]1NC(=O)C[C@H](Cc1ccccc1)NC(=O)C[C@H](CCCCN)NC(=O)C[C@@H](N)Cc1ccc(O)cc1. The first-order chi connectivity index (χ1) is 51.7. The summed E-state index contributed by atoms with van der Waals surface area (Å²) in [6, 6.07) is 29.7. The molecule has 4 aromatic carbocycles. The fourth-order valence-corrected chi connectivity index (χ4v) is 15.5. The van der Waals surface area contributed by atoms with Crippen LogP contribution < -0.4 is 76.5 Å². The number of unbranched alkanes of at least 4 members (excludes halogenated alkanes) is 3. The molecule has 586 valence electrons. The van der Waals surface area contributed by atoms with Crippen molar-refractivity contribution >= 4 is 59.1 Å². The van der Waals surface area contributed by atoms with Gasteiger partial charge >= 0.3 is 0 Å². The van der Waals surface area contributed by atoms with E-state index >= 15 is 0 Å². The van der Waals surface area contributed by atoms with Gasteiger partial charge in [-0.3, -0.25) is 47.9 Å². The number of rotatable bonds is 46. The van der Waals surface area contributed by atoms with Crippen molar-refractivity contribution in [1.29, 1.82) is 0 Å². The second kappa shape index (κ2) is 47.1. The minimum Gasteiger partial charge on any atom is -0.508 e. The highest BCUT2D eigenvalue weighted by Gasteiger charge is 2.39. The fourth-order valence-electron chi connectivity index (χ4n) is 15.5. The molecule has 4 aromatic rings. The van der Waals surface area contributed by atoms with Crippen LogP contribution in [0.15, 0.2) is 115 Å². The molecule has 20 N–H and O–H groups in total. The summed E-state index contributed by atoms with van der Waals surface area (Å²) in [5.41, 5.74) is 33.0. The standard InChI is InChI=1S/C82H122N14O11/c83-41-19-16-28-60(49-73(87)98)88-76(101)53-64(46-56-24-6-2-7-25-56)93-81(106)69-33-12-15-36-72(69)96-82(107)68-32-11-14-35-71(68)94-78(103)51-62(30-18-21-43-85)90-77(102)54-65(47-57-26-8-3-9-27-57)92-80(105)67-31-10-13-34-70(67)95-79(104)52-63(45-55-22-4-1-5-23-55)91-75(100)50-61(29-17-20-42-84)89-74(99)48-59(86)44-58-37-39-66(97)40-38-58/h1-9,22-27,37-40,59-65,67-72,97H,10-21,28-36,41-54,83-86H2,(H2,87,98)(H,88,101)(H,89,99)(H,90,102)(H,91,100)(H,92,105)(H,93,106)(H,94,103)(H,95,104)(H,96,107)/t59-,60-,61-,62-,63-,64-,65-,67-,68-,69-,70-,71-,72-/m0/s1. The molecule has 0 bridgehead atoms. The molecule has 0 heterocycles. The Balaban J connectivity index is 0.959. The van der Waals surface area contributed by atoms with Gasteiger partial charge in [-0.25, -0.2) is 0 Å². The fraction of sp³-hybridized carbons (Fsp3) is 0.585. The summed E-state index contributed by atoms with van der Waals surface area (Å²) in [5.74, 6) is -5.00. The molecule has 25 nitrogen and oxygen atoms in total. The van der Waals surface area contributed by atoms with Gasteiger partial charge in [-0.1, -0.05) is 161 Å². The van der Waals surface area contributed by atoms with E-state index in [0.29, 0.717) is 135 Å². The van der Waals surface area contributed by atoms with Crippen LogP contribution in [0.2, 0.25) is 0 Å². The van der Waals surface area contributed by atoms with E-state index in [4.69, 9.17) is 28.7 Å². The number of hydrogen-bond donors (Lipinski definition) is 15. The molecule has 0 aromatic heterocycles. The Bertz CT molecular complexity index is 3390. The van der Waals surface area contributed by atoms with Gasteiger partial charge in [0.2, 0.25) is 59.1 Å². The molecule has 107 heavy (non-hydrogen) atoms. The van der Waals surface area contributed by atoms with Gasteiger partial charge in [-0.15, -0.1) is 0 Å². The molecule has 0 saturated heterocycles. The number of benzene rings is 4. The van der Waals surface area contributed by atoms with E-state index in [1.54, 1.807) is 24.3 Å².